The van der Waals surface area contributed by atoms with Crippen molar-refractivity contribution in [3.05, 3.63) is 22.4 Å². The molecule has 2 atom stereocenters. The Morgan fingerprint density at radius 3 is 2.60 bits per heavy atom. The number of hydrogen-bond donors (Lipinski definition) is 2. The van der Waals surface area contributed by atoms with Gasteiger partial charge in [-0.1, -0.05) is 39.7 Å². The summed E-state index contributed by atoms with van der Waals surface area (Å²) in [5.74, 6) is 0.746. The summed E-state index contributed by atoms with van der Waals surface area (Å²) in [4.78, 5) is 1.43. The van der Waals surface area contributed by atoms with Crippen molar-refractivity contribution in [2.75, 3.05) is 6.54 Å². The van der Waals surface area contributed by atoms with Gasteiger partial charge in [0.05, 0.1) is 6.10 Å². The molecule has 1 fully saturated rings. The maximum absolute atomic E-state index is 10.2. The minimum absolute atomic E-state index is 0.187. The highest BCUT2D eigenvalue weighted by Crippen LogP contribution is 2.37. The molecular weight excluding hydrogens is 266 g/mol. The fourth-order valence-corrected chi connectivity index (χ4v) is 4.19. The van der Waals surface area contributed by atoms with Crippen molar-refractivity contribution in [1.82, 2.24) is 5.32 Å². The molecule has 2 rings (SSSR count). The molecular formula is C17H29NOS. The quantitative estimate of drug-likeness (QED) is 0.817. The molecule has 1 aliphatic rings. The van der Waals surface area contributed by atoms with Crippen LogP contribution in [0, 0.1) is 11.3 Å². The van der Waals surface area contributed by atoms with Crippen LogP contribution >= 0.6 is 11.3 Å². The van der Waals surface area contributed by atoms with E-state index in [0.29, 0.717) is 12.6 Å². The zero-order chi connectivity index (χ0) is 14.6. The highest BCUT2D eigenvalue weighted by atomic mass is 32.1. The van der Waals surface area contributed by atoms with Gasteiger partial charge in [-0.2, -0.15) is 0 Å². The highest BCUT2D eigenvalue weighted by molar-refractivity contribution is 7.10. The molecule has 0 amide bonds. The highest BCUT2D eigenvalue weighted by Gasteiger charge is 2.27. The van der Waals surface area contributed by atoms with Gasteiger partial charge in [0.2, 0.25) is 0 Å². The van der Waals surface area contributed by atoms with E-state index in [1.165, 1.54) is 30.6 Å². The average Bonchev–Trinajstić information content (AvgIpc) is 2.98. The van der Waals surface area contributed by atoms with E-state index in [4.69, 9.17) is 0 Å². The van der Waals surface area contributed by atoms with Gasteiger partial charge in [-0.05, 0) is 42.0 Å². The van der Waals surface area contributed by atoms with Crippen LogP contribution in [0.3, 0.4) is 0 Å². The van der Waals surface area contributed by atoms with Crippen LogP contribution < -0.4 is 5.32 Å². The first kappa shape index (κ1) is 16.0. The van der Waals surface area contributed by atoms with E-state index >= 15 is 0 Å². The summed E-state index contributed by atoms with van der Waals surface area (Å²) in [5, 5.41) is 16.0. The molecule has 1 aromatic rings. The van der Waals surface area contributed by atoms with Crippen molar-refractivity contribution < 1.29 is 5.11 Å². The van der Waals surface area contributed by atoms with Crippen LogP contribution in [-0.2, 0) is 0 Å². The number of nitrogens with one attached hydrogen (secondary N) is 1. The van der Waals surface area contributed by atoms with Crippen molar-refractivity contribution in [2.24, 2.45) is 11.3 Å². The molecule has 0 bridgehead atoms. The third-order valence-electron chi connectivity index (χ3n) is 4.14. The third-order valence-corrected chi connectivity index (χ3v) is 5.10. The van der Waals surface area contributed by atoms with Crippen LogP contribution in [0.1, 0.15) is 63.8 Å². The molecule has 3 heteroatoms. The Morgan fingerprint density at radius 1 is 1.35 bits per heavy atom. The van der Waals surface area contributed by atoms with Gasteiger partial charge in [-0.3, -0.25) is 0 Å². The third kappa shape index (κ3) is 4.87. The average molecular weight is 295 g/mol. The monoisotopic (exact) mass is 295 g/mol. The lowest BCUT2D eigenvalue weighted by Gasteiger charge is -2.27. The zero-order valence-electron chi connectivity index (χ0n) is 13.1. The van der Waals surface area contributed by atoms with Crippen molar-refractivity contribution in [3.63, 3.8) is 0 Å². The first-order valence-electron chi connectivity index (χ1n) is 7.90. The fraction of sp³-hybridized carbons (Fsp3) is 0.765. The van der Waals surface area contributed by atoms with Gasteiger partial charge in [0.15, 0.2) is 0 Å². The molecule has 1 saturated carbocycles. The maximum atomic E-state index is 10.2. The van der Waals surface area contributed by atoms with Gasteiger partial charge >= 0.3 is 0 Å². The Bertz CT molecular complexity index is 376. The number of hydrogen-bond acceptors (Lipinski definition) is 3. The van der Waals surface area contributed by atoms with Crippen molar-refractivity contribution in [3.8, 4) is 0 Å². The standard InChI is InChI=1S/C17H29NOS/c1-17(2,3)11-14(19)12-18-16(13-7-4-5-8-13)15-9-6-10-20-15/h6,9-10,13-14,16,18-19H,4-5,7-8,11-12H2,1-3H3. The predicted molar refractivity (Wildman–Crippen MR) is 87.1 cm³/mol. The van der Waals surface area contributed by atoms with E-state index in [1.54, 1.807) is 0 Å². The Kier molecular flexibility index (Phi) is 5.65. The van der Waals surface area contributed by atoms with Crippen LogP contribution in [0.4, 0.5) is 0 Å². The normalized spacial score (nSPS) is 20.2. The second kappa shape index (κ2) is 7.06. The van der Waals surface area contributed by atoms with Gasteiger partial charge in [-0.15, -0.1) is 11.3 Å². The summed E-state index contributed by atoms with van der Waals surface area (Å²) >= 11 is 1.84. The SMILES string of the molecule is CC(C)(C)CC(O)CNC(c1cccs1)C1CCCC1. The first-order valence-corrected chi connectivity index (χ1v) is 8.78. The van der Waals surface area contributed by atoms with Crippen molar-refractivity contribution >= 4 is 11.3 Å². The van der Waals surface area contributed by atoms with E-state index in [9.17, 15) is 5.11 Å². The summed E-state index contributed by atoms with van der Waals surface area (Å²) in [6.07, 6.45) is 5.97. The minimum Gasteiger partial charge on any atom is -0.392 e. The lowest BCUT2D eigenvalue weighted by molar-refractivity contribution is 0.113. The molecule has 0 spiro atoms. The molecule has 114 valence electrons. The Labute approximate surface area is 127 Å². The molecule has 20 heavy (non-hydrogen) atoms. The van der Waals surface area contributed by atoms with E-state index in [1.807, 2.05) is 11.3 Å². The summed E-state index contributed by atoms with van der Waals surface area (Å²) in [5.41, 5.74) is 0.187. The maximum Gasteiger partial charge on any atom is 0.0669 e. The molecule has 2 unspecified atom stereocenters. The van der Waals surface area contributed by atoms with Gasteiger partial charge in [0, 0.05) is 17.5 Å². The molecule has 1 aromatic heterocycles. The van der Waals surface area contributed by atoms with Gasteiger partial charge in [0.25, 0.3) is 0 Å². The van der Waals surface area contributed by atoms with E-state index in [-0.39, 0.29) is 11.5 Å². The summed E-state index contributed by atoms with van der Waals surface area (Å²) in [6, 6.07) is 4.80. The van der Waals surface area contributed by atoms with Crippen LogP contribution in [0.15, 0.2) is 17.5 Å². The van der Waals surface area contributed by atoms with Gasteiger partial charge < -0.3 is 10.4 Å². The van der Waals surface area contributed by atoms with Crippen LogP contribution in [0.5, 0.6) is 0 Å². The molecule has 2 N–H and O–H groups in total. The Balaban J connectivity index is 1.91. The minimum atomic E-state index is -0.251. The number of aliphatic hydroxyl groups excluding tert-OH is 1. The molecule has 2 nitrogen and oxygen atoms in total. The lowest BCUT2D eigenvalue weighted by Crippen LogP contribution is -2.35. The molecule has 0 radical (unpaired) electrons. The van der Waals surface area contributed by atoms with Crippen molar-refractivity contribution in [2.45, 2.75) is 65.0 Å². The molecule has 0 saturated heterocycles. The zero-order valence-corrected chi connectivity index (χ0v) is 13.9. The topological polar surface area (TPSA) is 32.3 Å². The van der Waals surface area contributed by atoms with Gasteiger partial charge in [0.1, 0.15) is 0 Å². The summed E-state index contributed by atoms with van der Waals surface area (Å²) in [7, 11) is 0. The summed E-state index contributed by atoms with van der Waals surface area (Å²) in [6.45, 7) is 7.26. The molecule has 0 aromatic carbocycles. The predicted octanol–water partition coefficient (Wildman–Crippen LogP) is 4.37. The van der Waals surface area contributed by atoms with Gasteiger partial charge in [-0.25, -0.2) is 0 Å². The summed E-state index contributed by atoms with van der Waals surface area (Å²) < 4.78 is 0. The largest absolute Gasteiger partial charge is 0.392 e. The Morgan fingerprint density at radius 2 is 2.05 bits per heavy atom. The van der Waals surface area contributed by atoms with Crippen LogP contribution in [-0.4, -0.2) is 17.8 Å². The lowest BCUT2D eigenvalue weighted by atomic mass is 9.89. The van der Waals surface area contributed by atoms with Crippen LogP contribution in [0.25, 0.3) is 0 Å². The number of thiophene rings is 1. The number of rotatable bonds is 6. The van der Waals surface area contributed by atoms with E-state index in [2.05, 4.69) is 43.6 Å². The second-order valence-electron chi connectivity index (χ2n) is 7.36. The second-order valence-corrected chi connectivity index (χ2v) is 8.34. The first-order chi connectivity index (χ1) is 9.46. The molecule has 1 aliphatic carbocycles. The number of aliphatic hydroxyl groups is 1. The van der Waals surface area contributed by atoms with E-state index < -0.39 is 0 Å². The smallest absolute Gasteiger partial charge is 0.0669 e. The molecule has 1 heterocycles. The Hall–Kier alpha value is -0.380. The fourth-order valence-electron chi connectivity index (χ4n) is 3.30. The van der Waals surface area contributed by atoms with E-state index in [0.717, 1.165) is 12.3 Å². The van der Waals surface area contributed by atoms with Crippen molar-refractivity contribution in [1.29, 1.82) is 0 Å². The van der Waals surface area contributed by atoms with Crippen LogP contribution in [0.2, 0.25) is 0 Å². The molecule has 0 aliphatic heterocycles.